The van der Waals surface area contributed by atoms with Crippen molar-refractivity contribution in [3.05, 3.63) is 28.3 Å². The molecule has 0 unspecified atom stereocenters. The van der Waals surface area contributed by atoms with Gasteiger partial charge < -0.3 is 8.92 Å². The van der Waals surface area contributed by atoms with Crippen molar-refractivity contribution in [2.45, 2.75) is 11.8 Å². The summed E-state index contributed by atoms with van der Waals surface area (Å²) in [4.78, 5) is 21.0. The van der Waals surface area contributed by atoms with E-state index in [1.807, 2.05) is 0 Å². The van der Waals surface area contributed by atoms with Crippen LogP contribution < -0.4 is 4.74 Å². The van der Waals surface area contributed by atoms with E-state index >= 15 is 0 Å². The van der Waals surface area contributed by atoms with Crippen LogP contribution in [0.25, 0.3) is 0 Å². The Morgan fingerprint density at radius 2 is 2.19 bits per heavy atom. The molecule has 0 radical (unpaired) electrons. The van der Waals surface area contributed by atoms with Crippen LogP contribution >= 0.6 is 12.0 Å². The van der Waals surface area contributed by atoms with Crippen molar-refractivity contribution in [1.29, 1.82) is 0 Å². The normalized spacial score (nSPS) is 9.62. The van der Waals surface area contributed by atoms with Crippen LogP contribution in [0.2, 0.25) is 0 Å². The zero-order valence-electron chi connectivity index (χ0n) is 8.63. The van der Waals surface area contributed by atoms with Crippen LogP contribution in [0.3, 0.4) is 0 Å². The van der Waals surface area contributed by atoms with E-state index in [9.17, 15) is 14.9 Å². The van der Waals surface area contributed by atoms with E-state index in [4.69, 9.17) is 4.74 Å². The van der Waals surface area contributed by atoms with E-state index in [2.05, 4.69) is 4.18 Å². The Balaban J connectivity index is 2.98. The summed E-state index contributed by atoms with van der Waals surface area (Å²) in [5.41, 5.74) is -0.161. The highest BCUT2D eigenvalue weighted by atomic mass is 32.2. The molecule has 0 aliphatic rings. The third-order valence-corrected chi connectivity index (χ3v) is 2.45. The van der Waals surface area contributed by atoms with Crippen molar-refractivity contribution in [3.63, 3.8) is 0 Å². The highest BCUT2D eigenvalue weighted by Crippen LogP contribution is 2.32. The maximum Gasteiger partial charge on any atom is 0.315 e. The van der Waals surface area contributed by atoms with Gasteiger partial charge >= 0.3 is 5.97 Å². The van der Waals surface area contributed by atoms with Crippen LogP contribution in [0.5, 0.6) is 5.75 Å². The van der Waals surface area contributed by atoms with Crippen molar-refractivity contribution >= 4 is 23.7 Å². The van der Waals surface area contributed by atoms with Gasteiger partial charge in [-0.3, -0.25) is 14.9 Å². The molecule has 1 aromatic rings. The molecule has 7 heteroatoms. The number of methoxy groups -OCH3 is 1. The van der Waals surface area contributed by atoms with Gasteiger partial charge in [0.15, 0.2) is 0 Å². The minimum atomic E-state index is -0.561. The molecule has 0 spiro atoms. The second kappa shape index (κ2) is 5.36. The SMILES string of the molecule is COc1ccc(SOC(C)=O)c([N+](=O)[O-])c1. The van der Waals surface area contributed by atoms with Gasteiger partial charge in [0.05, 0.1) is 18.1 Å². The fraction of sp³-hybridized carbons (Fsp3) is 0.222. The van der Waals surface area contributed by atoms with E-state index in [-0.39, 0.29) is 10.6 Å². The van der Waals surface area contributed by atoms with Gasteiger partial charge in [-0.15, -0.1) is 0 Å². The number of hydrogen-bond acceptors (Lipinski definition) is 6. The molecular formula is C9H9NO5S. The Morgan fingerprint density at radius 3 is 2.69 bits per heavy atom. The average Bonchev–Trinajstić information content (AvgIpc) is 2.25. The van der Waals surface area contributed by atoms with Crippen molar-refractivity contribution in [2.24, 2.45) is 0 Å². The van der Waals surface area contributed by atoms with E-state index in [1.54, 1.807) is 6.07 Å². The van der Waals surface area contributed by atoms with Crippen LogP contribution in [0, 0.1) is 10.1 Å². The molecule has 0 fully saturated rings. The summed E-state index contributed by atoms with van der Waals surface area (Å²) in [6.07, 6.45) is 0. The first-order valence-corrected chi connectivity index (χ1v) is 4.96. The van der Waals surface area contributed by atoms with Gasteiger partial charge in [0.1, 0.15) is 22.7 Å². The van der Waals surface area contributed by atoms with Crippen molar-refractivity contribution in [1.82, 2.24) is 0 Å². The predicted octanol–water partition coefficient (Wildman–Crippen LogP) is 2.17. The van der Waals surface area contributed by atoms with Crippen LogP contribution in [-0.4, -0.2) is 18.0 Å². The molecule has 0 saturated heterocycles. The van der Waals surface area contributed by atoms with Crippen molar-refractivity contribution < 1.29 is 18.6 Å². The number of carbonyl (C=O) groups excluding carboxylic acids is 1. The number of ether oxygens (including phenoxy) is 1. The molecule has 0 atom stereocenters. The molecule has 0 amide bonds. The highest BCUT2D eigenvalue weighted by Gasteiger charge is 2.17. The summed E-state index contributed by atoms with van der Waals surface area (Å²) in [6, 6.07) is 4.29. The first kappa shape index (κ1) is 12.3. The number of nitrogens with zero attached hydrogens (tertiary/aromatic N) is 1. The predicted molar refractivity (Wildman–Crippen MR) is 57.3 cm³/mol. The number of carbonyl (C=O) groups is 1. The number of benzene rings is 1. The Labute approximate surface area is 95.9 Å². The van der Waals surface area contributed by atoms with Gasteiger partial charge in [-0.25, -0.2) is 0 Å². The Hall–Kier alpha value is -1.76. The zero-order chi connectivity index (χ0) is 12.1. The highest BCUT2D eigenvalue weighted by molar-refractivity contribution is 7.95. The molecule has 0 aliphatic heterocycles. The van der Waals surface area contributed by atoms with Crippen LogP contribution in [0.4, 0.5) is 5.69 Å². The monoisotopic (exact) mass is 243 g/mol. The largest absolute Gasteiger partial charge is 0.497 e. The van der Waals surface area contributed by atoms with Crippen molar-refractivity contribution in [3.8, 4) is 5.75 Å². The lowest BCUT2D eigenvalue weighted by molar-refractivity contribution is -0.387. The Kier molecular flexibility index (Phi) is 4.12. The standard InChI is InChI=1S/C9H9NO5S/c1-6(11)15-16-9-4-3-7(14-2)5-8(9)10(12)13/h3-5H,1-2H3. The molecule has 1 rings (SSSR count). The first-order valence-electron chi connectivity index (χ1n) is 4.22. The van der Waals surface area contributed by atoms with Gasteiger partial charge in [0.25, 0.3) is 5.69 Å². The molecule has 0 aromatic heterocycles. The van der Waals surface area contributed by atoms with Crippen LogP contribution in [0.1, 0.15) is 6.92 Å². The number of hydrogen-bond donors (Lipinski definition) is 0. The van der Waals surface area contributed by atoms with Gasteiger partial charge in [-0.1, -0.05) is 0 Å². The summed E-state index contributed by atoms with van der Waals surface area (Å²) in [7, 11) is 1.41. The summed E-state index contributed by atoms with van der Waals surface area (Å²) in [5, 5.41) is 10.7. The van der Waals surface area contributed by atoms with E-state index < -0.39 is 10.9 Å². The van der Waals surface area contributed by atoms with Crippen LogP contribution in [-0.2, 0) is 8.98 Å². The third-order valence-electron chi connectivity index (χ3n) is 1.61. The topological polar surface area (TPSA) is 78.7 Å². The molecule has 1 aromatic carbocycles. The third kappa shape index (κ3) is 3.13. The first-order chi connectivity index (χ1) is 7.54. The number of nitro benzene ring substituents is 1. The molecule has 0 saturated carbocycles. The number of rotatable bonds is 4. The summed E-state index contributed by atoms with van der Waals surface area (Å²) in [6.45, 7) is 1.22. The lowest BCUT2D eigenvalue weighted by atomic mass is 10.3. The smallest absolute Gasteiger partial charge is 0.315 e. The molecular weight excluding hydrogens is 234 g/mol. The maximum absolute atomic E-state index is 10.7. The minimum Gasteiger partial charge on any atom is -0.497 e. The van der Waals surface area contributed by atoms with Gasteiger partial charge in [0.2, 0.25) is 0 Å². The lowest BCUT2D eigenvalue weighted by Crippen LogP contribution is -1.95. The number of nitro groups is 1. The Morgan fingerprint density at radius 1 is 1.50 bits per heavy atom. The molecule has 0 heterocycles. The lowest BCUT2D eigenvalue weighted by Gasteiger charge is -2.03. The second-order valence-electron chi connectivity index (χ2n) is 2.75. The van der Waals surface area contributed by atoms with E-state index in [0.29, 0.717) is 17.8 Å². The summed E-state index contributed by atoms with van der Waals surface area (Å²) < 4.78 is 9.49. The molecule has 16 heavy (non-hydrogen) atoms. The fourth-order valence-electron chi connectivity index (χ4n) is 0.941. The maximum atomic E-state index is 10.7. The minimum absolute atomic E-state index is 0.161. The van der Waals surface area contributed by atoms with Gasteiger partial charge in [-0.05, 0) is 12.1 Å². The van der Waals surface area contributed by atoms with Crippen LogP contribution in [0.15, 0.2) is 23.1 Å². The quantitative estimate of drug-likeness (QED) is 0.458. The second-order valence-corrected chi connectivity index (χ2v) is 3.52. The molecule has 6 nitrogen and oxygen atoms in total. The molecule has 0 bridgehead atoms. The van der Waals surface area contributed by atoms with Crippen molar-refractivity contribution in [2.75, 3.05) is 7.11 Å². The molecule has 0 N–H and O–H groups in total. The molecule has 0 aliphatic carbocycles. The zero-order valence-corrected chi connectivity index (χ0v) is 9.45. The van der Waals surface area contributed by atoms with E-state index in [1.165, 1.54) is 26.2 Å². The average molecular weight is 243 g/mol. The van der Waals surface area contributed by atoms with Gasteiger partial charge in [0, 0.05) is 6.92 Å². The van der Waals surface area contributed by atoms with E-state index in [0.717, 1.165) is 0 Å². The van der Waals surface area contributed by atoms with Gasteiger partial charge in [-0.2, -0.15) is 0 Å². The fourth-order valence-corrected chi connectivity index (χ4v) is 1.49. The summed E-state index contributed by atoms with van der Waals surface area (Å²) in [5.74, 6) is -0.144. The Bertz CT molecular complexity index is 420. The summed E-state index contributed by atoms with van der Waals surface area (Å²) >= 11 is 0.656. The molecule has 86 valence electrons.